The Morgan fingerprint density at radius 2 is 1.33 bits per heavy atom. The number of hydrogen-bond donors (Lipinski definition) is 0. The first kappa shape index (κ1) is 18.7. The van der Waals surface area contributed by atoms with Gasteiger partial charge in [0.15, 0.2) is 17.4 Å². The van der Waals surface area contributed by atoms with Crippen molar-refractivity contribution in [3.8, 4) is 0 Å². The van der Waals surface area contributed by atoms with Crippen molar-refractivity contribution in [3.63, 3.8) is 0 Å². The molecule has 0 aromatic carbocycles. The Morgan fingerprint density at radius 1 is 0.889 bits per heavy atom. The van der Waals surface area contributed by atoms with Gasteiger partial charge in [0, 0.05) is 5.04 Å². The Kier molecular flexibility index (Phi) is 6.73. The van der Waals surface area contributed by atoms with Crippen molar-refractivity contribution in [2.45, 2.75) is 71.6 Å². The highest BCUT2D eigenvalue weighted by Gasteiger charge is 2.40. The standard InChI is InChI=1S/C11H32O3Si4/c1-11(2,3)16(12-15(4)5)13-18(9,10)14-17(6,7)8/h15-16H,1-10H3. The van der Waals surface area contributed by atoms with Gasteiger partial charge < -0.3 is 12.3 Å². The lowest BCUT2D eigenvalue weighted by Gasteiger charge is -2.38. The maximum Gasteiger partial charge on any atom is 0.312 e. The maximum atomic E-state index is 6.39. The first-order valence-corrected chi connectivity index (χ1v) is 17.3. The Hall–Kier alpha value is 0.748. The summed E-state index contributed by atoms with van der Waals surface area (Å²) in [6, 6.07) is 0. The molecule has 0 saturated carbocycles. The summed E-state index contributed by atoms with van der Waals surface area (Å²) in [6.45, 7) is 22.1. The highest BCUT2D eigenvalue weighted by molar-refractivity contribution is 6.84. The van der Waals surface area contributed by atoms with Crippen LogP contribution in [0.1, 0.15) is 20.8 Å². The Morgan fingerprint density at radius 3 is 1.61 bits per heavy atom. The van der Waals surface area contributed by atoms with E-state index in [2.05, 4.69) is 66.6 Å². The van der Waals surface area contributed by atoms with Gasteiger partial charge in [-0.25, -0.2) is 0 Å². The van der Waals surface area contributed by atoms with E-state index in [1.165, 1.54) is 0 Å². The molecule has 7 heteroatoms. The van der Waals surface area contributed by atoms with E-state index in [-0.39, 0.29) is 5.04 Å². The third-order valence-electron chi connectivity index (χ3n) is 2.05. The van der Waals surface area contributed by atoms with E-state index in [1.54, 1.807) is 0 Å². The van der Waals surface area contributed by atoms with Crippen LogP contribution in [-0.4, -0.2) is 35.2 Å². The van der Waals surface area contributed by atoms with Crippen molar-refractivity contribution in [1.82, 2.24) is 0 Å². The van der Waals surface area contributed by atoms with Crippen molar-refractivity contribution in [2.75, 3.05) is 0 Å². The van der Waals surface area contributed by atoms with Gasteiger partial charge in [-0.05, 0) is 45.8 Å². The molecule has 0 aromatic rings. The lowest BCUT2D eigenvalue weighted by molar-refractivity contribution is 0.325. The highest BCUT2D eigenvalue weighted by Crippen LogP contribution is 2.31. The predicted octanol–water partition coefficient (Wildman–Crippen LogP) is 3.58. The molecule has 0 aromatic heterocycles. The number of rotatable bonds is 6. The molecule has 3 nitrogen and oxygen atoms in total. The molecule has 1 unspecified atom stereocenters. The Balaban J connectivity index is 4.76. The summed E-state index contributed by atoms with van der Waals surface area (Å²) in [4.78, 5) is 0. The van der Waals surface area contributed by atoms with Gasteiger partial charge in [-0.15, -0.1) is 0 Å². The van der Waals surface area contributed by atoms with E-state index in [4.69, 9.17) is 12.3 Å². The average molecular weight is 325 g/mol. The second-order valence-electron chi connectivity index (χ2n) is 7.61. The molecule has 0 aliphatic carbocycles. The maximum absolute atomic E-state index is 6.39. The Bertz CT molecular complexity index is 256. The van der Waals surface area contributed by atoms with Crippen LogP contribution in [0.3, 0.4) is 0 Å². The minimum Gasteiger partial charge on any atom is -0.441 e. The summed E-state index contributed by atoms with van der Waals surface area (Å²) in [6.07, 6.45) is 0. The summed E-state index contributed by atoms with van der Waals surface area (Å²) < 4.78 is 18.8. The van der Waals surface area contributed by atoms with Gasteiger partial charge >= 0.3 is 17.8 Å². The molecule has 0 aliphatic rings. The van der Waals surface area contributed by atoms with Gasteiger partial charge in [0.2, 0.25) is 0 Å². The molecule has 0 heterocycles. The fourth-order valence-corrected chi connectivity index (χ4v) is 16.0. The van der Waals surface area contributed by atoms with E-state index >= 15 is 0 Å². The van der Waals surface area contributed by atoms with Gasteiger partial charge in [-0.2, -0.15) is 0 Å². The Labute approximate surface area is 119 Å². The van der Waals surface area contributed by atoms with Crippen LogP contribution in [0.25, 0.3) is 0 Å². The molecular formula is C11H32O3Si4. The van der Waals surface area contributed by atoms with E-state index in [1.807, 2.05) is 0 Å². The van der Waals surface area contributed by atoms with Crippen molar-refractivity contribution in [2.24, 2.45) is 0 Å². The monoisotopic (exact) mass is 324 g/mol. The first-order chi connectivity index (χ1) is 7.73. The van der Waals surface area contributed by atoms with Crippen molar-refractivity contribution < 1.29 is 12.3 Å². The molecule has 0 bridgehead atoms. The molecule has 0 fully saturated rings. The average Bonchev–Trinajstić information content (AvgIpc) is 1.93. The fraction of sp³-hybridized carbons (Fsp3) is 1.00. The third-order valence-corrected chi connectivity index (χ3v) is 14.2. The molecule has 0 radical (unpaired) electrons. The first-order valence-electron chi connectivity index (χ1n) is 6.76. The zero-order chi connectivity index (χ0) is 14.8. The summed E-state index contributed by atoms with van der Waals surface area (Å²) >= 11 is 0. The van der Waals surface area contributed by atoms with E-state index in [9.17, 15) is 0 Å². The fourth-order valence-electron chi connectivity index (χ4n) is 1.68. The van der Waals surface area contributed by atoms with Gasteiger partial charge in [0.1, 0.15) is 0 Å². The largest absolute Gasteiger partial charge is 0.441 e. The third kappa shape index (κ3) is 8.78. The quantitative estimate of drug-likeness (QED) is 0.699. The SMILES string of the molecule is C[SiH](C)O[SiH](O[Si](C)(C)O[Si](C)(C)C)C(C)(C)C. The minimum atomic E-state index is -2.06. The van der Waals surface area contributed by atoms with Gasteiger partial charge in [-0.1, -0.05) is 20.8 Å². The van der Waals surface area contributed by atoms with E-state index in [0.717, 1.165) is 0 Å². The van der Waals surface area contributed by atoms with Crippen LogP contribution in [0.2, 0.25) is 50.9 Å². The molecule has 1 atom stereocenters. The lowest BCUT2D eigenvalue weighted by atomic mass is 10.3. The second kappa shape index (κ2) is 6.47. The molecule has 110 valence electrons. The zero-order valence-electron chi connectivity index (χ0n) is 13.9. The normalized spacial score (nSPS) is 16.2. The van der Waals surface area contributed by atoms with Crippen LogP contribution < -0.4 is 0 Å². The molecular weight excluding hydrogens is 292 g/mol. The lowest BCUT2D eigenvalue weighted by Crippen LogP contribution is -2.51. The minimum absolute atomic E-state index is 0.129. The highest BCUT2D eigenvalue weighted by atomic mass is 28.5. The summed E-state index contributed by atoms with van der Waals surface area (Å²) in [5.41, 5.74) is 0. The summed E-state index contributed by atoms with van der Waals surface area (Å²) in [5.74, 6) is 0. The molecule has 0 amide bonds. The molecule has 18 heavy (non-hydrogen) atoms. The topological polar surface area (TPSA) is 27.7 Å². The van der Waals surface area contributed by atoms with Crippen LogP contribution in [0, 0.1) is 0 Å². The molecule has 0 aliphatic heterocycles. The van der Waals surface area contributed by atoms with Crippen LogP contribution in [0.15, 0.2) is 0 Å². The number of hydrogen-bond acceptors (Lipinski definition) is 3. The van der Waals surface area contributed by atoms with Crippen molar-refractivity contribution >= 4 is 35.2 Å². The summed E-state index contributed by atoms with van der Waals surface area (Å²) in [7, 11) is -6.33. The molecule has 0 spiro atoms. The second-order valence-corrected chi connectivity index (χ2v) is 22.0. The predicted molar refractivity (Wildman–Crippen MR) is 89.8 cm³/mol. The van der Waals surface area contributed by atoms with Gasteiger partial charge in [0.25, 0.3) is 0 Å². The summed E-state index contributed by atoms with van der Waals surface area (Å²) in [5, 5.41) is 0.129. The van der Waals surface area contributed by atoms with Gasteiger partial charge in [0.05, 0.1) is 0 Å². The van der Waals surface area contributed by atoms with Crippen LogP contribution in [0.4, 0.5) is 0 Å². The molecule has 0 N–H and O–H groups in total. The van der Waals surface area contributed by atoms with Crippen molar-refractivity contribution in [3.05, 3.63) is 0 Å². The van der Waals surface area contributed by atoms with E-state index < -0.39 is 35.2 Å². The van der Waals surface area contributed by atoms with Gasteiger partial charge in [-0.3, -0.25) is 0 Å². The van der Waals surface area contributed by atoms with Crippen LogP contribution in [-0.2, 0) is 12.3 Å². The van der Waals surface area contributed by atoms with Crippen molar-refractivity contribution in [1.29, 1.82) is 0 Å². The van der Waals surface area contributed by atoms with Crippen LogP contribution in [0.5, 0.6) is 0 Å². The zero-order valence-corrected chi connectivity index (χ0v) is 18.2. The van der Waals surface area contributed by atoms with Crippen LogP contribution >= 0.6 is 0 Å². The van der Waals surface area contributed by atoms with E-state index in [0.29, 0.717) is 0 Å². The molecule has 0 saturated heterocycles. The smallest absolute Gasteiger partial charge is 0.312 e. The molecule has 0 rings (SSSR count).